The van der Waals surface area contributed by atoms with Crippen LogP contribution in [0, 0.1) is 6.92 Å². The highest BCUT2D eigenvalue weighted by molar-refractivity contribution is 5.98. The van der Waals surface area contributed by atoms with E-state index in [1.54, 1.807) is 6.20 Å². The second-order valence-corrected chi connectivity index (χ2v) is 3.15. The van der Waals surface area contributed by atoms with Crippen molar-refractivity contribution in [3.63, 3.8) is 0 Å². The standard InChI is InChI=1S/C10H11N3/c1-6-2-3-7-8(4-6)9(11)5-13-10(7)12/h2-5H,11H2,1H3,(H2,12,13). The molecule has 0 fully saturated rings. The molecule has 1 heterocycles. The molecule has 2 rings (SSSR count). The Bertz CT molecular complexity index is 463. The Labute approximate surface area is 76.4 Å². The van der Waals surface area contributed by atoms with Crippen LogP contribution in [0.25, 0.3) is 10.8 Å². The van der Waals surface area contributed by atoms with Crippen LogP contribution < -0.4 is 11.5 Å². The Kier molecular flexibility index (Phi) is 1.59. The van der Waals surface area contributed by atoms with Crippen molar-refractivity contribution in [2.24, 2.45) is 0 Å². The summed E-state index contributed by atoms with van der Waals surface area (Å²) in [5, 5.41) is 1.90. The van der Waals surface area contributed by atoms with Gasteiger partial charge in [0, 0.05) is 10.8 Å². The number of fused-ring (bicyclic) bond motifs is 1. The lowest BCUT2D eigenvalue weighted by atomic mass is 10.1. The molecule has 13 heavy (non-hydrogen) atoms. The van der Waals surface area contributed by atoms with E-state index in [9.17, 15) is 0 Å². The van der Waals surface area contributed by atoms with E-state index < -0.39 is 0 Å². The fourth-order valence-electron chi connectivity index (χ4n) is 1.40. The van der Waals surface area contributed by atoms with E-state index in [2.05, 4.69) is 4.98 Å². The molecule has 0 bridgehead atoms. The molecule has 0 saturated carbocycles. The molecule has 3 nitrogen and oxygen atoms in total. The van der Waals surface area contributed by atoms with Gasteiger partial charge in [0.25, 0.3) is 0 Å². The van der Waals surface area contributed by atoms with Crippen molar-refractivity contribution in [3.05, 3.63) is 30.0 Å². The quantitative estimate of drug-likeness (QED) is 0.637. The molecule has 0 amide bonds. The second kappa shape index (κ2) is 2.62. The molecule has 0 radical (unpaired) electrons. The van der Waals surface area contributed by atoms with Crippen LogP contribution in [0.4, 0.5) is 11.5 Å². The van der Waals surface area contributed by atoms with Crippen LogP contribution in [0.15, 0.2) is 24.4 Å². The molecule has 1 aromatic carbocycles. The van der Waals surface area contributed by atoms with Gasteiger partial charge in [-0.15, -0.1) is 0 Å². The van der Waals surface area contributed by atoms with E-state index in [1.807, 2.05) is 25.1 Å². The lowest BCUT2D eigenvalue weighted by Gasteiger charge is -2.04. The minimum Gasteiger partial charge on any atom is -0.397 e. The molecule has 66 valence electrons. The number of hydrogen-bond donors (Lipinski definition) is 2. The summed E-state index contributed by atoms with van der Waals surface area (Å²) in [4.78, 5) is 3.99. The van der Waals surface area contributed by atoms with Crippen molar-refractivity contribution < 1.29 is 0 Å². The summed E-state index contributed by atoms with van der Waals surface area (Å²) < 4.78 is 0. The summed E-state index contributed by atoms with van der Waals surface area (Å²) in [6.45, 7) is 2.02. The molecule has 0 aliphatic heterocycles. The Morgan fingerprint density at radius 2 is 1.92 bits per heavy atom. The first-order chi connectivity index (χ1) is 6.18. The van der Waals surface area contributed by atoms with E-state index in [0.717, 1.165) is 10.8 Å². The number of nitrogens with two attached hydrogens (primary N) is 2. The van der Waals surface area contributed by atoms with Crippen LogP contribution in [0.5, 0.6) is 0 Å². The molecule has 0 aliphatic carbocycles. The number of pyridine rings is 1. The number of anilines is 2. The normalized spacial score (nSPS) is 10.5. The Morgan fingerprint density at radius 1 is 1.15 bits per heavy atom. The minimum absolute atomic E-state index is 0.532. The van der Waals surface area contributed by atoms with Crippen molar-refractivity contribution in [2.45, 2.75) is 6.92 Å². The molecule has 0 unspecified atom stereocenters. The van der Waals surface area contributed by atoms with Gasteiger partial charge in [-0.2, -0.15) is 0 Å². The second-order valence-electron chi connectivity index (χ2n) is 3.15. The van der Waals surface area contributed by atoms with Crippen LogP contribution >= 0.6 is 0 Å². The van der Waals surface area contributed by atoms with E-state index in [4.69, 9.17) is 11.5 Å². The molecule has 0 aliphatic rings. The highest BCUT2D eigenvalue weighted by atomic mass is 14.8. The molecule has 0 atom stereocenters. The van der Waals surface area contributed by atoms with Gasteiger partial charge in [0.2, 0.25) is 0 Å². The van der Waals surface area contributed by atoms with Gasteiger partial charge in [0.05, 0.1) is 11.9 Å². The lowest BCUT2D eigenvalue weighted by molar-refractivity contribution is 1.36. The van der Waals surface area contributed by atoms with E-state index >= 15 is 0 Å². The van der Waals surface area contributed by atoms with Gasteiger partial charge in [0.15, 0.2) is 0 Å². The third-order valence-electron chi connectivity index (χ3n) is 2.10. The van der Waals surface area contributed by atoms with Crippen molar-refractivity contribution >= 4 is 22.3 Å². The van der Waals surface area contributed by atoms with Crippen LogP contribution in [-0.4, -0.2) is 4.98 Å². The summed E-state index contributed by atoms with van der Waals surface area (Å²) in [6, 6.07) is 5.96. The third kappa shape index (κ3) is 1.18. The van der Waals surface area contributed by atoms with E-state index in [-0.39, 0.29) is 0 Å². The first-order valence-corrected chi connectivity index (χ1v) is 4.09. The average Bonchev–Trinajstić information content (AvgIpc) is 2.12. The third-order valence-corrected chi connectivity index (χ3v) is 2.10. The van der Waals surface area contributed by atoms with Gasteiger partial charge >= 0.3 is 0 Å². The molecular formula is C10H11N3. The predicted octanol–water partition coefficient (Wildman–Crippen LogP) is 1.71. The smallest absolute Gasteiger partial charge is 0.131 e. The van der Waals surface area contributed by atoms with Gasteiger partial charge in [-0.3, -0.25) is 0 Å². The maximum absolute atomic E-state index is 5.78. The van der Waals surface area contributed by atoms with E-state index in [0.29, 0.717) is 11.5 Å². The van der Waals surface area contributed by atoms with Crippen LogP contribution in [-0.2, 0) is 0 Å². The van der Waals surface area contributed by atoms with Crippen LogP contribution in [0.1, 0.15) is 5.56 Å². The topological polar surface area (TPSA) is 64.9 Å². The molecule has 4 N–H and O–H groups in total. The monoisotopic (exact) mass is 173 g/mol. The molecule has 1 aromatic heterocycles. The molecule has 3 heteroatoms. The predicted molar refractivity (Wildman–Crippen MR) is 55.3 cm³/mol. The molecular weight excluding hydrogens is 162 g/mol. The fourth-order valence-corrected chi connectivity index (χ4v) is 1.40. The Hall–Kier alpha value is -1.77. The van der Waals surface area contributed by atoms with Crippen molar-refractivity contribution in [1.82, 2.24) is 4.98 Å². The number of nitrogens with zero attached hydrogens (tertiary/aromatic N) is 1. The van der Waals surface area contributed by atoms with Gasteiger partial charge < -0.3 is 11.5 Å². The number of aromatic nitrogens is 1. The minimum atomic E-state index is 0.532. The summed E-state index contributed by atoms with van der Waals surface area (Å²) >= 11 is 0. The summed E-state index contributed by atoms with van der Waals surface area (Å²) in [6.07, 6.45) is 1.59. The number of rotatable bonds is 0. The first kappa shape index (κ1) is 7.86. The summed E-state index contributed by atoms with van der Waals surface area (Å²) in [5.74, 6) is 0.532. The fraction of sp³-hybridized carbons (Fsp3) is 0.100. The number of benzene rings is 1. The van der Waals surface area contributed by atoms with Crippen molar-refractivity contribution in [2.75, 3.05) is 11.5 Å². The largest absolute Gasteiger partial charge is 0.397 e. The summed E-state index contributed by atoms with van der Waals surface area (Å²) in [7, 11) is 0. The van der Waals surface area contributed by atoms with E-state index in [1.165, 1.54) is 5.56 Å². The van der Waals surface area contributed by atoms with Gasteiger partial charge in [-0.1, -0.05) is 17.7 Å². The zero-order chi connectivity index (χ0) is 9.42. The van der Waals surface area contributed by atoms with Crippen LogP contribution in [0.3, 0.4) is 0 Å². The maximum Gasteiger partial charge on any atom is 0.131 e. The molecule has 0 spiro atoms. The lowest BCUT2D eigenvalue weighted by Crippen LogP contribution is -1.95. The highest BCUT2D eigenvalue weighted by Crippen LogP contribution is 2.24. The zero-order valence-corrected chi connectivity index (χ0v) is 7.41. The average molecular weight is 173 g/mol. The van der Waals surface area contributed by atoms with Crippen LogP contribution in [0.2, 0.25) is 0 Å². The van der Waals surface area contributed by atoms with Crippen molar-refractivity contribution in [1.29, 1.82) is 0 Å². The van der Waals surface area contributed by atoms with Gasteiger partial charge in [-0.05, 0) is 13.0 Å². The number of nitrogen functional groups attached to an aromatic ring is 2. The SMILES string of the molecule is Cc1ccc2c(N)ncc(N)c2c1. The molecule has 0 saturated heterocycles. The maximum atomic E-state index is 5.78. The Balaban J connectivity index is 2.92. The Morgan fingerprint density at radius 3 is 2.69 bits per heavy atom. The van der Waals surface area contributed by atoms with Crippen molar-refractivity contribution in [3.8, 4) is 0 Å². The van der Waals surface area contributed by atoms with Gasteiger partial charge in [-0.25, -0.2) is 4.98 Å². The van der Waals surface area contributed by atoms with Gasteiger partial charge in [0.1, 0.15) is 5.82 Å². The molecule has 2 aromatic rings. The first-order valence-electron chi connectivity index (χ1n) is 4.09. The summed E-state index contributed by atoms with van der Waals surface area (Å²) in [5.41, 5.74) is 13.3. The number of hydrogen-bond acceptors (Lipinski definition) is 3. The highest BCUT2D eigenvalue weighted by Gasteiger charge is 2.01. The zero-order valence-electron chi connectivity index (χ0n) is 7.41. The number of aryl methyl sites for hydroxylation is 1.